The molecule has 3 rings (SSSR count). The van der Waals surface area contributed by atoms with Crippen molar-refractivity contribution in [3.05, 3.63) is 23.9 Å². The molecule has 2 aliphatic heterocycles. The van der Waals surface area contributed by atoms with E-state index in [2.05, 4.69) is 45.3 Å². The van der Waals surface area contributed by atoms with E-state index in [1.807, 2.05) is 12.3 Å². The van der Waals surface area contributed by atoms with Crippen LogP contribution in [0.3, 0.4) is 0 Å². The van der Waals surface area contributed by atoms with Gasteiger partial charge in [-0.3, -0.25) is 4.90 Å². The second-order valence-electron chi connectivity index (χ2n) is 7.80. The lowest BCUT2D eigenvalue weighted by Crippen LogP contribution is -2.45. The number of likely N-dealkylation sites (tertiary alicyclic amines) is 1. The van der Waals surface area contributed by atoms with Crippen molar-refractivity contribution in [2.75, 3.05) is 57.4 Å². The van der Waals surface area contributed by atoms with E-state index in [4.69, 9.17) is 9.73 Å². The van der Waals surface area contributed by atoms with Crippen LogP contribution < -0.4 is 15.5 Å². The molecule has 0 aromatic carbocycles. The lowest BCUT2D eigenvalue weighted by Gasteiger charge is -2.35. The summed E-state index contributed by atoms with van der Waals surface area (Å²) in [6, 6.07) is 4.87. The van der Waals surface area contributed by atoms with Crippen molar-refractivity contribution in [1.82, 2.24) is 20.5 Å². The molecule has 170 valence electrons. The number of hydrogen-bond donors (Lipinski definition) is 2. The Labute approximate surface area is 199 Å². The van der Waals surface area contributed by atoms with Crippen molar-refractivity contribution in [3.63, 3.8) is 0 Å². The number of nitrogens with one attached hydrogen (secondary N) is 2. The maximum Gasteiger partial charge on any atom is 0.191 e. The van der Waals surface area contributed by atoms with Crippen LogP contribution in [-0.2, 0) is 11.3 Å². The highest BCUT2D eigenvalue weighted by molar-refractivity contribution is 14.0. The lowest BCUT2D eigenvalue weighted by atomic mass is 10.0. The van der Waals surface area contributed by atoms with E-state index in [1.54, 1.807) is 0 Å². The Bertz CT molecular complexity index is 638. The Hall–Kier alpha value is -1.13. The molecule has 0 radical (unpaired) electrons. The number of aliphatic imine (C=N–C) groups is 1. The van der Waals surface area contributed by atoms with Gasteiger partial charge >= 0.3 is 0 Å². The van der Waals surface area contributed by atoms with E-state index in [0.29, 0.717) is 6.54 Å². The van der Waals surface area contributed by atoms with Crippen LogP contribution in [0.5, 0.6) is 0 Å². The summed E-state index contributed by atoms with van der Waals surface area (Å²) in [4.78, 5) is 14.4. The van der Waals surface area contributed by atoms with Gasteiger partial charge in [0, 0.05) is 50.5 Å². The highest BCUT2D eigenvalue weighted by Crippen LogP contribution is 2.20. The summed E-state index contributed by atoms with van der Waals surface area (Å²) < 4.78 is 5.48. The van der Waals surface area contributed by atoms with Crippen LogP contribution in [-0.4, -0.2) is 74.4 Å². The number of aromatic nitrogens is 1. The van der Waals surface area contributed by atoms with Crippen molar-refractivity contribution in [2.45, 2.75) is 52.1 Å². The number of morpholine rings is 1. The minimum absolute atomic E-state index is 0. The van der Waals surface area contributed by atoms with Gasteiger partial charge in [0.25, 0.3) is 0 Å². The van der Waals surface area contributed by atoms with Crippen LogP contribution >= 0.6 is 24.0 Å². The topological polar surface area (TPSA) is 65.0 Å². The molecular formula is C22H39IN6O. The predicted molar refractivity (Wildman–Crippen MR) is 135 cm³/mol. The van der Waals surface area contributed by atoms with Crippen molar-refractivity contribution in [3.8, 4) is 0 Å². The normalized spacial score (nSPS) is 20.5. The SMILES string of the molecule is CCNC(=NCc1cccnc1N1CCOCC1)NCCN1CCCCC1CC.I. The van der Waals surface area contributed by atoms with Gasteiger partial charge in [-0.1, -0.05) is 19.4 Å². The minimum atomic E-state index is 0. The molecule has 1 atom stereocenters. The van der Waals surface area contributed by atoms with Gasteiger partial charge in [-0.25, -0.2) is 9.98 Å². The summed E-state index contributed by atoms with van der Waals surface area (Å²) in [7, 11) is 0. The van der Waals surface area contributed by atoms with Crippen molar-refractivity contribution < 1.29 is 4.74 Å². The van der Waals surface area contributed by atoms with Gasteiger partial charge in [0.05, 0.1) is 19.8 Å². The van der Waals surface area contributed by atoms with E-state index < -0.39 is 0 Å². The second-order valence-corrected chi connectivity index (χ2v) is 7.80. The Kier molecular flexibility index (Phi) is 11.8. The summed E-state index contributed by atoms with van der Waals surface area (Å²) >= 11 is 0. The highest BCUT2D eigenvalue weighted by Gasteiger charge is 2.20. The third kappa shape index (κ3) is 7.53. The Morgan fingerprint density at radius 3 is 2.80 bits per heavy atom. The number of halogens is 1. The summed E-state index contributed by atoms with van der Waals surface area (Å²) in [6.07, 6.45) is 7.17. The summed E-state index contributed by atoms with van der Waals surface area (Å²) in [5.74, 6) is 1.92. The smallest absolute Gasteiger partial charge is 0.191 e. The molecule has 2 N–H and O–H groups in total. The monoisotopic (exact) mass is 530 g/mol. The van der Waals surface area contributed by atoms with E-state index in [-0.39, 0.29) is 24.0 Å². The number of nitrogens with zero attached hydrogens (tertiary/aromatic N) is 4. The average molecular weight is 530 g/mol. The molecule has 30 heavy (non-hydrogen) atoms. The quantitative estimate of drug-likeness (QED) is 0.306. The Morgan fingerprint density at radius 1 is 1.20 bits per heavy atom. The Balaban J connectivity index is 0.00000320. The van der Waals surface area contributed by atoms with Crippen molar-refractivity contribution >= 4 is 35.8 Å². The first-order chi connectivity index (χ1) is 14.3. The molecule has 2 saturated heterocycles. The fourth-order valence-corrected chi connectivity index (χ4v) is 4.25. The lowest BCUT2D eigenvalue weighted by molar-refractivity contribution is 0.122. The van der Waals surface area contributed by atoms with Gasteiger partial charge in [0.1, 0.15) is 5.82 Å². The van der Waals surface area contributed by atoms with Gasteiger partial charge < -0.3 is 20.3 Å². The molecular weight excluding hydrogens is 491 g/mol. The number of hydrogen-bond acceptors (Lipinski definition) is 5. The van der Waals surface area contributed by atoms with Crippen molar-refractivity contribution in [1.29, 1.82) is 0 Å². The molecule has 0 saturated carbocycles. The van der Waals surface area contributed by atoms with E-state index in [1.165, 1.54) is 32.2 Å². The zero-order chi connectivity index (χ0) is 20.3. The zero-order valence-corrected chi connectivity index (χ0v) is 20.9. The number of piperidine rings is 1. The molecule has 1 aromatic heterocycles. The third-order valence-corrected chi connectivity index (χ3v) is 5.84. The molecule has 2 fully saturated rings. The molecule has 3 heterocycles. The standard InChI is InChI=1S/C22H38N6O.HI/c1-3-20-9-5-6-12-27(20)13-11-25-22(23-4-2)26-18-19-8-7-10-24-21(19)28-14-16-29-17-15-28;/h7-8,10,20H,3-6,9,11-18H2,1-2H3,(H2,23,25,26);1H. The zero-order valence-electron chi connectivity index (χ0n) is 18.6. The van der Waals surface area contributed by atoms with Crippen LogP contribution in [0.4, 0.5) is 5.82 Å². The van der Waals surface area contributed by atoms with Crippen LogP contribution in [0.2, 0.25) is 0 Å². The van der Waals surface area contributed by atoms with Gasteiger partial charge in [0.15, 0.2) is 5.96 Å². The van der Waals surface area contributed by atoms with Crippen LogP contribution in [0, 0.1) is 0 Å². The first-order valence-electron chi connectivity index (χ1n) is 11.3. The largest absolute Gasteiger partial charge is 0.378 e. The molecule has 0 aliphatic carbocycles. The molecule has 0 spiro atoms. The first-order valence-corrected chi connectivity index (χ1v) is 11.3. The number of ether oxygens (including phenoxy) is 1. The Morgan fingerprint density at radius 2 is 2.03 bits per heavy atom. The molecule has 0 amide bonds. The van der Waals surface area contributed by atoms with Crippen LogP contribution in [0.1, 0.15) is 45.1 Å². The molecule has 8 heteroatoms. The van der Waals surface area contributed by atoms with E-state index in [9.17, 15) is 0 Å². The second kappa shape index (κ2) is 14.0. The molecule has 2 aliphatic rings. The average Bonchev–Trinajstić information content (AvgIpc) is 2.78. The summed E-state index contributed by atoms with van der Waals surface area (Å²) in [5, 5.41) is 6.91. The molecule has 7 nitrogen and oxygen atoms in total. The minimum Gasteiger partial charge on any atom is -0.378 e. The van der Waals surface area contributed by atoms with Gasteiger partial charge in [-0.2, -0.15) is 0 Å². The van der Waals surface area contributed by atoms with Gasteiger partial charge in [-0.15, -0.1) is 24.0 Å². The van der Waals surface area contributed by atoms with Crippen molar-refractivity contribution in [2.24, 2.45) is 4.99 Å². The van der Waals surface area contributed by atoms with Crippen LogP contribution in [0.25, 0.3) is 0 Å². The number of anilines is 1. The first kappa shape index (κ1) is 25.1. The maximum atomic E-state index is 5.48. The fraction of sp³-hybridized carbons (Fsp3) is 0.727. The number of guanidine groups is 1. The fourth-order valence-electron chi connectivity index (χ4n) is 4.25. The third-order valence-electron chi connectivity index (χ3n) is 5.84. The highest BCUT2D eigenvalue weighted by atomic mass is 127. The molecule has 1 aromatic rings. The number of rotatable bonds is 8. The van der Waals surface area contributed by atoms with E-state index >= 15 is 0 Å². The summed E-state index contributed by atoms with van der Waals surface area (Å²) in [6.45, 7) is 12.4. The molecule has 0 bridgehead atoms. The van der Waals surface area contributed by atoms with Gasteiger partial charge in [0.2, 0.25) is 0 Å². The maximum absolute atomic E-state index is 5.48. The molecule has 1 unspecified atom stereocenters. The van der Waals surface area contributed by atoms with Gasteiger partial charge in [-0.05, 0) is 38.8 Å². The summed E-state index contributed by atoms with van der Waals surface area (Å²) in [5.41, 5.74) is 1.16. The number of pyridine rings is 1. The predicted octanol–water partition coefficient (Wildman–Crippen LogP) is 2.86. The van der Waals surface area contributed by atoms with E-state index in [0.717, 1.165) is 69.3 Å². The van der Waals surface area contributed by atoms with Crippen LogP contribution in [0.15, 0.2) is 23.3 Å².